The number of fused-ring (bicyclic) bond motifs is 3. The minimum absolute atomic E-state index is 0.0616. The third kappa shape index (κ3) is 3.51. The Morgan fingerprint density at radius 3 is 2.84 bits per heavy atom. The van der Waals surface area contributed by atoms with E-state index < -0.39 is 0 Å². The third-order valence-electron chi connectivity index (χ3n) is 5.11. The predicted octanol–water partition coefficient (Wildman–Crippen LogP) is 3.81. The van der Waals surface area contributed by atoms with Crippen molar-refractivity contribution < 1.29 is 14.2 Å². The maximum absolute atomic E-state index is 6.16. The number of hydrogen-bond donors (Lipinski definition) is 0. The highest BCUT2D eigenvalue weighted by Gasteiger charge is 2.36. The number of likely N-dealkylation sites (N-methyl/N-ethyl adjacent to an activating group) is 1. The summed E-state index contributed by atoms with van der Waals surface area (Å²) in [7, 11) is 0. The number of morpholine rings is 1. The van der Waals surface area contributed by atoms with Gasteiger partial charge < -0.3 is 14.2 Å². The zero-order valence-corrected chi connectivity index (χ0v) is 14.7. The van der Waals surface area contributed by atoms with E-state index in [0.29, 0.717) is 12.6 Å². The molecule has 4 rings (SSSR count). The van der Waals surface area contributed by atoms with Crippen LogP contribution in [-0.4, -0.2) is 37.2 Å². The van der Waals surface area contributed by atoms with Crippen molar-refractivity contribution in [2.75, 3.05) is 26.3 Å². The lowest BCUT2D eigenvalue weighted by molar-refractivity contribution is -0.0725. The highest BCUT2D eigenvalue weighted by Crippen LogP contribution is 2.40. The van der Waals surface area contributed by atoms with Gasteiger partial charge in [-0.1, -0.05) is 37.3 Å². The molecule has 0 radical (unpaired) electrons. The lowest BCUT2D eigenvalue weighted by Gasteiger charge is -2.39. The highest BCUT2D eigenvalue weighted by molar-refractivity contribution is 5.43. The molecule has 0 bridgehead atoms. The molecule has 0 aliphatic carbocycles. The van der Waals surface area contributed by atoms with Crippen LogP contribution in [0.5, 0.6) is 11.5 Å². The Morgan fingerprint density at radius 1 is 1.12 bits per heavy atom. The topological polar surface area (TPSA) is 30.9 Å². The van der Waals surface area contributed by atoms with Crippen LogP contribution in [0.15, 0.2) is 48.5 Å². The monoisotopic (exact) mass is 339 g/mol. The van der Waals surface area contributed by atoms with Gasteiger partial charge in [-0.3, -0.25) is 4.90 Å². The van der Waals surface area contributed by atoms with Crippen LogP contribution in [0.25, 0.3) is 0 Å². The summed E-state index contributed by atoms with van der Waals surface area (Å²) in [5.41, 5.74) is 2.28. The molecule has 2 heterocycles. The molecule has 2 aliphatic heterocycles. The summed E-state index contributed by atoms with van der Waals surface area (Å²) < 4.78 is 18.2. The van der Waals surface area contributed by atoms with Gasteiger partial charge in [0.15, 0.2) is 0 Å². The van der Waals surface area contributed by atoms with E-state index in [1.54, 1.807) is 0 Å². The largest absolute Gasteiger partial charge is 0.493 e. The molecule has 4 nitrogen and oxygen atoms in total. The summed E-state index contributed by atoms with van der Waals surface area (Å²) in [6, 6.07) is 16.7. The van der Waals surface area contributed by atoms with Crippen molar-refractivity contribution in [3.8, 4) is 11.5 Å². The van der Waals surface area contributed by atoms with Crippen LogP contribution in [0.3, 0.4) is 0 Å². The van der Waals surface area contributed by atoms with E-state index in [0.717, 1.165) is 55.4 Å². The summed E-state index contributed by atoms with van der Waals surface area (Å²) in [5.74, 6) is 1.79. The first-order valence-electron chi connectivity index (χ1n) is 9.14. The molecule has 1 saturated heterocycles. The van der Waals surface area contributed by atoms with Crippen LogP contribution in [0.1, 0.15) is 30.6 Å². The molecule has 132 valence electrons. The van der Waals surface area contributed by atoms with Gasteiger partial charge in [0.05, 0.1) is 13.2 Å². The van der Waals surface area contributed by atoms with Crippen molar-refractivity contribution in [3.63, 3.8) is 0 Å². The van der Waals surface area contributed by atoms with Gasteiger partial charge in [-0.2, -0.15) is 0 Å². The first-order valence-corrected chi connectivity index (χ1v) is 9.14. The Morgan fingerprint density at radius 2 is 2.00 bits per heavy atom. The van der Waals surface area contributed by atoms with Crippen LogP contribution in [-0.2, 0) is 11.3 Å². The second-order valence-corrected chi connectivity index (χ2v) is 6.60. The summed E-state index contributed by atoms with van der Waals surface area (Å²) in [4.78, 5) is 2.50. The summed E-state index contributed by atoms with van der Waals surface area (Å²) in [6.07, 6.45) is 1.05. The van der Waals surface area contributed by atoms with Gasteiger partial charge in [0, 0.05) is 18.2 Å². The lowest BCUT2D eigenvalue weighted by atomic mass is 9.97. The maximum atomic E-state index is 6.16. The molecule has 0 N–H and O–H groups in total. The number of nitrogens with zero attached hydrogens (tertiary/aromatic N) is 1. The second-order valence-electron chi connectivity index (χ2n) is 6.60. The number of benzene rings is 2. The van der Waals surface area contributed by atoms with Gasteiger partial charge in [0.1, 0.15) is 24.2 Å². The molecule has 0 saturated carbocycles. The van der Waals surface area contributed by atoms with Crippen molar-refractivity contribution in [3.05, 3.63) is 59.7 Å². The second kappa shape index (κ2) is 7.46. The van der Waals surface area contributed by atoms with E-state index in [1.165, 1.54) is 0 Å². The lowest BCUT2D eigenvalue weighted by Crippen LogP contribution is -2.46. The molecule has 2 atom stereocenters. The van der Waals surface area contributed by atoms with Crippen molar-refractivity contribution >= 4 is 0 Å². The van der Waals surface area contributed by atoms with Gasteiger partial charge in [-0.25, -0.2) is 0 Å². The van der Waals surface area contributed by atoms with Gasteiger partial charge in [0.2, 0.25) is 0 Å². The highest BCUT2D eigenvalue weighted by atomic mass is 16.5. The molecule has 0 unspecified atom stereocenters. The maximum Gasteiger partial charge on any atom is 0.125 e. The molecule has 2 aromatic rings. The number of ether oxygens (including phenoxy) is 3. The Balaban J connectivity index is 1.56. The molecule has 0 aromatic heterocycles. The fraction of sp³-hybridized carbons (Fsp3) is 0.429. The average molecular weight is 339 g/mol. The van der Waals surface area contributed by atoms with E-state index in [9.17, 15) is 0 Å². The van der Waals surface area contributed by atoms with Crippen LogP contribution < -0.4 is 9.47 Å². The molecule has 4 heteroatoms. The molecule has 25 heavy (non-hydrogen) atoms. The van der Waals surface area contributed by atoms with Crippen LogP contribution in [0.4, 0.5) is 0 Å². The Hall–Kier alpha value is -2.04. The third-order valence-corrected chi connectivity index (χ3v) is 5.11. The first-order chi connectivity index (χ1) is 12.3. The fourth-order valence-electron chi connectivity index (χ4n) is 3.79. The molecular formula is C21H25NO3. The van der Waals surface area contributed by atoms with Crippen LogP contribution >= 0.6 is 0 Å². The van der Waals surface area contributed by atoms with Crippen LogP contribution in [0.2, 0.25) is 0 Å². The van der Waals surface area contributed by atoms with E-state index in [2.05, 4.69) is 30.0 Å². The molecule has 0 amide bonds. The summed E-state index contributed by atoms with van der Waals surface area (Å²) in [6.45, 7) is 6.33. The van der Waals surface area contributed by atoms with Crippen molar-refractivity contribution in [1.29, 1.82) is 0 Å². The fourth-order valence-corrected chi connectivity index (χ4v) is 3.79. The molecule has 1 fully saturated rings. The molecule has 0 spiro atoms. The molecule has 2 aliphatic rings. The average Bonchev–Trinajstić information content (AvgIpc) is 2.86. The molecular weight excluding hydrogens is 314 g/mol. The Kier molecular flexibility index (Phi) is 4.90. The van der Waals surface area contributed by atoms with E-state index in [1.807, 2.05) is 30.3 Å². The van der Waals surface area contributed by atoms with Crippen molar-refractivity contribution in [1.82, 2.24) is 4.90 Å². The van der Waals surface area contributed by atoms with Gasteiger partial charge >= 0.3 is 0 Å². The van der Waals surface area contributed by atoms with Crippen LogP contribution in [0, 0.1) is 0 Å². The number of hydrogen-bond acceptors (Lipinski definition) is 4. The van der Waals surface area contributed by atoms with Crippen molar-refractivity contribution in [2.45, 2.75) is 32.1 Å². The normalized spacial score (nSPS) is 23.1. The summed E-state index contributed by atoms with van der Waals surface area (Å²) >= 11 is 0. The standard InChI is InChI=1S/C21H25NO3/c1-2-22-11-13-24-21-18-14-17(25-15-16-6-4-3-5-7-16)8-9-20(18)23-12-10-19(21)22/h3-9,14,19,21H,2,10-13,15H2,1H3/t19-,21-/m1/s1. The van der Waals surface area contributed by atoms with Gasteiger partial charge in [0.25, 0.3) is 0 Å². The Labute approximate surface area is 149 Å². The minimum atomic E-state index is 0.0616. The summed E-state index contributed by atoms with van der Waals surface area (Å²) in [5, 5.41) is 0. The minimum Gasteiger partial charge on any atom is -0.493 e. The molecule has 2 aromatic carbocycles. The smallest absolute Gasteiger partial charge is 0.125 e. The van der Waals surface area contributed by atoms with Gasteiger partial charge in [-0.15, -0.1) is 0 Å². The van der Waals surface area contributed by atoms with E-state index in [-0.39, 0.29) is 6.10 Å². The quantitative estimate of drug-likeness (QED) is 0.847. The van der Waals surface area contributed by atoms with E-state index >= 15 is 0 Å². The predicted molar refractivity (Wildman–Crippen MR) is 97.1 cm³/mol. The van der Waals surface area contributed by atoms with Gasteiger partial charge in [-0.05, 0) is 36.7 Å². The zero-order chi connectivity index (χ0) is 17.1. The van der Waals surface area contributed by atoms with Crippen molar-refractivity contribution in [2.24, 2.45) is 0 Å². The first kappa shape index (κ1) is 16.4. The number of rotatable bonds is 4. The van der Waals surface area contributed by atoms with E-state index in [4.69, 9.17) is 14.2 Å². The Bertz CT molecular complexity index is 704. The zero-order valence-electron chi connectivity index (χ0n) is 14.7. The SMILES string of the molecule is CCN1CCO[C@@H]2c3cc(OCc4ccccc4)ccc3OCC[C@H]21.